The third-order valence-corrected chi connectivity index (χ3v) is 4.80. The van der Waals surface area contributed by atoms with E-state index in [1.165, 1.54) is 7.11 Å². The number of nitrogens with one attached hydrogen (secondary N) is 1. The second-order valence-corrected chi connectivity index (χ2v) is 6.66. The van der Waals surface area contributed by atoms with Gasteiger partial charge in [-0.1, -0.05) is 12.1 Å². The zero-order chi connectivity index (χ0) is 22.2. The molecule has 8 nitrogen and oxygen atoms in total. The fourth-order valence-electron chi connectivity index (χ4n) is 3.15. The molecule has 0 spiro atoms. The van der Waals surface area contributed by atoms with Crippen molar-refractivity contribution < 1.29 is 19.0 Å². The lowest BCUT2D eigenvalue weighted by molar-refractivity contribution is 0.0600. The van der Waals surface area contributed by atoms with Gasteiger partial charge in [-0.25, -0.2) is 4.79 Å². The quantitative estimate of drug-likeness (QED) is 0.662. The summed E-state index contributed by atoms with van der Waals surface area (Å²) < 4.78 is 15.4. The Kier molecular flexibility index (Phi) is 7.16. The Balaban J connectivity index is 1.72. The van der Waals surface area contributed by atoms with Crippen LogP contribution in [-0.4, -0.2) is 44.6 Å². The molecule has 0 aliphatic carbocycles. The third-order valence-electron chi connectivity index (χ3n) is 4.80. The van der Waals surface area contributed by atoms with Crippen LogP contribution in [0, 0.1) is 0 Å². The number of ether oxygens (including phenoxy) is 3. The first-order chi connectivity index (χ1) is 15.1. The van der Waals surface area contributed by atoms with Crippen LogP contribution in [0.25, 0.3) is 5.70 Å². The molecule has 3 rings (SSSR count). The highest BCUT2D eigenvalue weighted by atomic mass is 16.5. The molecule has 8 heteroatoms. The molecule has 3 N–H and O–H groups in total. The van der Waals surface area contributed by atoms with Crippen molar-refractivity contribution in [1.82, 2.24) is 10.2 Å². The first-order valence-electron chi connectivity index (χ1n) is 9.64. The highest BCUT2D eigenvalue weighted by Gasteiger charge is 2.17. The average Bonchev–Trinajstić information content (AvgIpc) is 2.83. The molecule has 162 valence electrons. The van der Waals surface area contributed by atoms with Crippen LogP contribution in [0.5, 0.6) is 11.5 Å². The van der Waals surface area contributed by atoms with Crippen LogP contribution in [0.3, 0.4) is 0 Å². The Labute approximate surface area is 181 Å². The summed E-state index contributed by atoms with van der Waals surface area (Å²) in [5, 5.41) is 3.17. The molecule has 0 saturated heterocycles. The lowest BCUT2D eigenvalue weighted by Gasteiger charge is -2.28. The Bertz CT molecular complexity index is 1010. The Morgan fingerprint density at radius 1 is 1.10 bits per heavy atom. The SMILES string of the molecule is COC(=O)c1ccc(CN=C2CN(/C(=C\N)c3ccc(OC)c(OC)c3)C=CN2)cc1. The zero-order valence-electron chi connectivity index (χ0n) is 17.8. The summed E-state index contributed by atoms with van der Waals surface area (Å²) in [6, 6.07) is 12.8. The molecule has 0 aromatic heterocycles. The van der Waals surface area contributed by atoms with Gasteiger partial charge in [0, 0.05) is 24.2 Å². The van der Waals surface area contributed by atoms with Gasteiger partial charge in [-0.05, 0) is 35.9 Å². The Morgan fingerprint density at radius 3 is 2.45 bits per heavy atom. The van der Waals surface area contributed by atoms with Crippen LogP contribution in [-0.2, 0) is 11.3 Å². The van der Waals surface area contributed by atoms with Crippen molar-refractivity contribution in [2.45, 2.75) is 6.54 Å². The third kappa shape index (κ3) is 5.16. The molecule has 0 atom stereocenters. The number of aliphatic imine (C=N–C) groups is 1. The van der Waals surface area contributed by atoms with Gasteiger partial charge in [0.1, 0.15) is 5.84 Å². The number of amidine groups is 1. The van der Waals surface area contributed by atoms with Crippen molar-refractivity contribution in [2.24, 2.45) is 10.7 Å². The van der Waals surface area contributed by atoms with Crippen LogP contribution >= 0.6 is 0 Å². The minimum atomic E-state index is -0.358. The smallest absolute Gasteiger partial charge is 0.337 e. The number of benzene rings is 2. The lowest BCUT2D eigenvalue weighted by atomic mass is 10.1. The number of methoxy groups -OCH3 is 3. The molecule has 0 unspecified atom stereocenters. The zero-order valence-corrected chi connectivity index (χ0v) is 17.8. The van der Waals surface area contributed by atoms with E-state index in [9.17, 15) is 4.79 Å². The molecule has 1 aliphatic heterocycles. The number of hydrogen-bond donors (Lipinski definition) is 2. The molecule has 0 fully saturated rings. The largest absolute Gasteiger partial charge is 0.493 e. The molecule has 0 saturated carbocycles. The molecular formula is C23H26N4O4. The van der Waals surface area contributed by atoms with Gasteiger partial charge in [-0.3, -0.25) is 4.99 Å². The molecule has 2 aromatic rings. The summed E-state index contributed by atoms with van der Waals surface area (Å²) >= 11 is 0. The maximum Gasteiger partial charge on any atom is 0.337 e. The summed E-state index contributed by atoms with van der Waals surface area (Å²) in [4.78, 5) is 18.2. The Hall–Kier alpha value is -3.94. The van der Waals surface area contributed by atoms with Crippen molar-refractivity contribution in [1.29, 1.82) is 0 Å². The molecule has 0 bridgehead atoms. The number of esters is 1. The fraction of sp³-hybridized carbons (Fsp3) is 0.217. The average molecular weight is 422 g/mol. The second kappa shape index (κ2) is 10.2. The maximum absolute atomic E-state index is 11.5. The van der Waals surface area contributed by atoms with Gasteiger partial charge in [0.25, 0.3) is 0 Å². The summed E-state index contributed by atoms with van der Waals surface area (Å²) in [6.45, 7) is 0.998. The van der Waals surface area contributed by atoms with E-state index in [4.69, 9.17) is 19.9 Å². The molecule has 31 heavy (non-hydrogen) atoms. The predicted octanol–water partition coefficient (Wildman–Crippen LogP) is 2.72. The van der Waals surface area contributed by atoms with Gasteiger partial charge in [0.15, 0.2) is 11.5 Å². The summed E-state index contributed by atoms with van der Waals surface area (Å²) in [5.41, 5.74) is 9.15. The van der Waals surface area contributed by atoms with Crippen molar-refractivity contribution in [2.75, 3.05) is 27.9 Å². The highest BCUT2D eigenvalue weighted by molar-refractivity contribution is 5.89. The van der Waals surface area contributed by atoms with Crippen LogP contribution in [0.1, 0.15) is 21.5 Å². The van der Waals surface area contributed by atoms with Gasteiger partial charge in [0.05, 0.1) is 45.7 Å². The van der Waals surface area contributed by atoms with Crippen LogP contribution in [0.4, 0.5) is 0 Å². The van der Waals surface area contributed by atoms with E-state index < -0.39 is 0 Å². The number of hydrogen-bond acceptors (Lipinski definition) is 7. The van der Waals surface area contributed by atoms with E-state index in [1.54, 1.807) is 32.6 Å². The van der Waals surface area contributed by atoms with Crippen molar-refractivity contribution in [3.63, 3.8) is 0 Å². The topological polar surface area (TPSA) is 98.4 Å². The number of carbonyl (C=O) groups excluding carboxylic acids is 1. The lowest BCUT2D eigenvalue weighted by Crippen LogP contribution is -2.36. The minimum Gasteiger partial charge on any atom is -0.493 e. The molecular weight excluding hydrogens is 396 g/mol. The summed E-state index contributed by atoms with van der Waals surface area (Å²) in [7, 11) is 4.56. The van der Waals surface area contributed by atoms with E-state index >= 15 is 0 Å². The first-order valence-corrected chi connectivity index (χ1v) is 9.64. The van der Waals surface area contributed by atoms with E-state index in [0.29, 0.717) is 30.2 Å². The summed E-state index contributed by atoms with van der Waals surface area (Å²) in [6.07, 6.45) is 5.27. The van der Waals surface area contributed by atoms with Crippen LogP contribution in [0.15, 0.2) is 66.1 Å². The van der Waals surface area contributed by atoms with Crippen molar-refractivity contribution in [3.05, 3.63) is 77.8 Å². The first kappa shape index (κ1) is 21.8. The molecule has 0 radical (unpaired) electrons. The fourth-order valence-corrected chi connectivity index (χ4v) is 3.15. The van der Waals surface area contributed by atoms with E-state index in [-0.39, 0.29) is 5.97 Å². The number of rotatable bonds is 7. The van der Waals surface area contributed by atoms with Gasteiger partial charge in [-0.2, -0.15) is 0 Å². The van der Waals surface area contributed by atoms with Gasteiger partial charge >= 0.3 is 5.97 Å². The maximum atomic E-state index is 11.5. The number of nitrogens with zero attached hydrogens (tertiary/aromatic N) is 2. The van der Waals surface area contributed by atoms with Crippen molar-refractivity contribution >= 4 is 17.5 Å². The monoisotopic (exact) mass is 422 g/mol. The molecule has 0 amide bonds. The van der Waals surface area contributed by atoms with E-state index in [0.717, 1.165) is 22.7 Å². The minimum absolute atomic E-state index is 0.358. The summed E-state index contributed by atoms with van der Waals surface area (Å²) in [5.74, 6) is 1.71. The molecule has 1 heterocycles. The van der Waals surface area contributed by atoms with E-state index in [1.807, 2.05) is 47.6 Å². The normalized spacial score (nSPS) is 14.9. The number of nitrogens with two attached hydrogens (primary N) is 1. The van der Waals surface area contributed by atoms with Crippen LogP contribution in [0.2, 0.25) is 0 Å². The highest BCUT2D eigenvalue weighted by Crippen LogP contribution is 2.31. The number of carbonyl (C=O) groups is 1. The van der Waals surface area contributed by atoms with Gasteiger partial charge in [0.2, 0.25) is 0 Å². The second-order valence-electron chi connectivity index (χ2n) is 6.66. The van der Waals surface area contributed by atoms with Gasteiger partial charge in [-0.15, -0.1) is 0 Å². The van der Waals surface area contributed by atoms with Crippen LogP contribution < -0.4 is 20.5 Å². The van der Waals surface area contributed by atoms with Gasteiger partial charge < -0.3 is 30.2 Å². The molecule has 1 aliphatic rings. The predicted molar refractivity (Wildman–Crippen MR) is 120 cm³/mol. The standard InChI is InChI=1S/C23H26N4O4/c1-29-20-9-8-18(12-21(20)30-2)19(13-24)27-11-10-25-22(15-27)26-14-16-4-6-17(7-5-16)23(28)31-3/h4-13H,14-15,24H2,1-3H3,(H,25,26)/b19-13-. The van der Waals surface area contributed by atoms with Crippen molar-refractivity contribution in [3.8, 4) is 11.5 Å². The van der Waals surface area contributed by atoms with E-state index in [2.05, 4.69) is 10.3 Å². The Morgan fingerprint density at radius 2 is 1.81 bits per heavy atom. The molecule has 2 aromatic carbocycles.